The Hall–Kier alpha value is -2.63. The number of nitrogens with one attached hydrogen (secondary N) is 1. The van der Waals surface area contributed by atoms with E-state index < -0.39 is 12.0 Å². The van der Waals surface area contributed by atoms with Gasteiger partial charge in [-0.15, -0.1) is 0 Å². The summed E-state index contributed by atoms with van der Waals surface area (Å²) in [5.74, 6) is -0.400. The number of nitrogens with zero attached hydrogens (tertiary/aromatic N) is 2. The Balaban J connectivity index is 1.76. The van der Waals surface area contributed by atoms with Crippen molar-refractivity contribution < 1.29 is 9.90 Å². The van der Waals surface area contributed by atoms with Gasteiger partial charge < -0.3 is 10.0 Å². The number of aliphatic hydroxyl groups is 1. The molecule has 2 aromatic carbocycles. The third kappa shape index (κ3) is 3.90. The van der Waals surface area contributed by atoms with Gasteiger partial charge >= 0.3 is 0 Å². The Morgan fingerprint density at radius 1 is 1.24 bits per heavy atom. The number of hydrogen-bond acceptors (Lipinski definition) is 3. The summed E-state index contributed by atoms with van der Waals surface area (Å²) in [7, 11) is 1.65. The van der Waals surface area contributed by atoms with E-state index in [4.69, 9.17) is 11.6 Å². The number of amides is 1. The number of aromatic nitrogens is 2. The molecule has 0 aliphatic heterocycles. The van der Waals surface area contributed by atoms with E-state index in [0.29, 0.717) is 17.1 Å². The highest BCUT2D eigenvalue weighted by Gasteiger charge is 2.22. The third-order valence-electron chi connectivity index (χ3n) is 3.96. The summed E-state index contributed by atoms with van der Waals surface area (Å²) in [6, 6.07) is 16.4. The van der Waals surface area contributed by atoms with Gasteiger partial charge in [0, 0.05) is 24.2 Å². The van der Waals surface area contributed by atoms with E-state index in [2.05, 4.69) is 10.2 Å². The van der Waals surface area contributed by atoms with Crippen LogP contribution in [0.4, 0.5) is 0 Å². The Labute approximate surface area is 150 Å². The van der Waals surface area contributed by atoms with Crippen molar-refractivity contribution in [3.8, 4) is 11.3 Å². The molecule has 3 rings (SSSR count). The van der Waals surface area contributed by atoms with Crippen LogP contribution < -0.4 is 0 Å². The smallest absolute Gasteiger partial charge is 0.256 e. The molecule has 0 fully saturated rings. The number of hydrogen-bond donors (Lipinski definition) is 2. The molecule has 0 aliphatic carbocycles. The first-order valence-corrected chi connectivity index (χ1v) is 8.20. The molecule has 128 valence electrons. The maximum absolute atomic E-state index is 12.5. The number of halogens is 1. The van der Waals surface area contributed by atoms with Crippen molar-refractivity contribution in [3.63, 3.8) is 0 Å². The van der Waals surface area contributed by atoms with Crippen LogP contribution in [0.15, 0.2) is 60.8 Å². The van der Waals surface area contributed by atoms with Crippen molar-refractivity contribution >= 4 is 17.5 Å². The van der Waals surface area contributed by atoms with Gasteiger partial charge in [-0.3, -0.25) is 9.89 Å². The monoisotopic (exact) mass is 355 g/mol. The molecule has 25 heavy (non-hydrogen) atoms. The molecule has 1 atom stereocenters. The van der Waals surface area contributed by atoms with Crippen LogP contribution in [0.2, 0.25) is 5.02 Å². The lowest BCUT2D eigenvalue weighted by atomic mass is 10.1. The molecule has 0 unspecified atom stereocenters. The lowest BCUT2D eigenvalue weighted by molar-refractivity contribution is -0.139. The van der Waals surface area contributed by atoms with Crippen molar-refractivity contribution in [2.24, 2.45) is 0 Å². The normalized spacial score (nSPS) is 12.0. The summed E-state index contributed by atoms with van der Waals surface area (Å²) >= 11 is 5.93. The Morgan fingerprint density at radius 2 is 2.00 bits per heavy atom. The van der Waals surface area contributed by atoms with Crippen LogP contribution in [0.3, 0.4) is 0 Å². The van der Waals surface area contributed by atoms with E-state index in [1.165, 1.54) is 4.90 Å². The lowest BCUT2D eigenvalue weighted by Gasteiger charge is -2.21. The molecule has 0 saturated heterocycles. The molecule has 6 heteroatoms. The van der Waals surface area contributed by atoms with E-state index in [0.717, 1.165) is 16.8 Å². The molecular weight excluding hydrogens is 338 g/mol. The Kier molecular flexibility index (Phi) is 5.16. The third-order valence-corrected chi connectivity index (χ3v) is 4.20. The summed E-state index contributed by atoms with van der Waals surface area (Å²) in [5.41, 5.74) is 3.20. The zero-order valence-corrected chi connectivity index (χ0v) is 14.4. The molecule has 5 nitrogen and oxygen atoms in total. The van der Waals surface area contributed by atoms with Gasteiger partial charge in [0.25, 0.3) is 5.91 Å². The number of carbonyl (C=O) groups is 1. The number of H-pyrrole nitrogens is 1. The van der Waals surface area contributed by atoms with Crippen molar-refractivity contribution in [2.45, 2.75) is 12.6 Å². The van der Waals surface area contributed by atoms with Crippen molar-refractivity contribution in [3.05, 3.63) is 76.9 Å². The van der Waals surface area contributed by atoms with Gasteiger partial charge in [-0.25, -0.2) is 0 Å². The van der Waals surface area contributed by atoms with E-state index in [-0.39, 0.29) is 0 Å². The molecule has 2 N–H and O–H groups in total. The van der Waals surface area contributed by atoms with Gasteiger partial charge in [-0.05, 0) is 23.3 Å². The highest BCUT2D eigenvalue weighted by Crippen LogP contribution is 2.24. The minimum atomic E-state index is -1.25. The van der Waals surface area contributed by atoms with E-state index >= 15 is 0 Å². The topological polar surface area (TPSA) is 69.2 Å². The molecule has 0 radical (unpaired) electrons. The number of aliphatic hydroxyl groups excluding tert-OH is 1. The molecule has 1 aromatic heterocycles. The lowest BCUT2D eigenvalue weighted by Crippen LogP contribution is -2.31. The fraction of sp³-hybridized carbons (Fsp3) is 0.158. The van der Waals surface area contributed by atoms with Crippen LogP contribution in [0.25, 0.3) is 11.3 Å². The Bertz CT molecular complexity index is 864. The van der Waals surface area contributed by atoms with Crippen LogP contribution in [-0.4, -0.2) is 33.2 Å². The number of aromatic amines is 1. The van der Waals surface area contributed by atoms with Gasteiger partial charge in [-0.1, -0.05) is 54.1 Å². The molecule has 1 amide bonds. The van der Waals surface area contributed by atoms with Gasteiger partial charge in [0.15, 0.2) is 6.10 Å². The van der Waals surface area contributed by atoms with Gasteiger partial charge in [-0.2, -0.15) is 5.10 Å². The maximum Gasteiger partial charge on any atom is 0.256 e. The predicted octanol–water partition coefficient (Wildman–Crippen LogP) is 3.42. The first kappa shape index (κ1) is 17.2. The quantitative estimate of drug-likeness (QED) is 0.736. The second-order valence-corrected chi connectivity index (χ2v) is 6.22. The largest absolute Gasteiger partial charge is 0.378 e. The summed E-state index contributed by atoms with van der Waals surface area (Å²) in [4.78, 5) is 14.0. The first-order chi connectivity index (χ1) is 12.1. The number of rotatable bonds is 5. The Morgan fingerprint density at radius 3 is 2.72 bits per heavy atom. The van der Waals surface area contributed by atoms with E-state index in [9.17, 15) is 9.90 Å². The average Bonchev–Trinajstić information content (AvgIpc) is 3.09. The SMILES string of the molecule is CN(Cc1cn[nH]c1-c1ccccc1)C(=O)[C@@H](O)c1cccc(Cl)c1. The summed E-state index contributed by atoms with van der Waals surface area (Å²) in [6.45, 7) is 0.331. The average molecular weight is 356 g/mol. The van der Waals surface area contributed by atoms with Gasteiger partial charge in [0.05, 0.1) is 11.9 Å². The predicted molar refractivity (Wildman–Crippen MR) is 96.9 cm³/mol. The highest BCUT2D eigenvalue weighted by atomic mass is 35.5. The number of carbonyl (C=O) groups excluding carboxylic acids is 1. The van der Waals surface area contributed by atoms with Crippen LogP contribution in [0, 0.1) is 0 Å². The molecule has 0 bridgehead atoms. The van der Waals surface area contributed by atoms with E-state index in [1.54, 1.807) is 37.5 Å². The fourth-order valence-corrected chi connectivity index (χ4v) is 2.85. The van der Waals surface area contributed by atoms with Crippen molar-refractivity contribution in [1.82, 2.24) is 15.1 Å². The minimum absolute atomic E-state index is 0.331. The standard InChI is InChI=1S/C19H18ClN3O2/c1-23(19(25)18(24)14-8-5-9-16(20)10-14)12-15-11-21-22-17(15)13-6-3-2-4-7-13/h2-11,18,24H,12H2,1H3,(H,21,22)/t18-/m0/s1. The van der Waals surface area contributed by atoms with Crippen molar-refractivity contribution in [1.29, 1.82) is 0 Å². The molecule has 1 heterocycles. The fourth-order valence-electron chi connectivity index (χ4n) is 2.65. The maximum atomic E-state index is 12.5. The number of likely N-dealkylation sites (N-methyl/N-ethyl adjacent to an activating group) is 1. The van der Waals surface area contributed by atoms with Crippen LogP contribution in [0.1, 0.15) is 17.2 Å². The summed E-state index contributed by atoms with van der Waals surface area (Å²) in [6.07, 6.45) is 0.438. The molecule has 0 spiro atoms. The van der Waals surface area contributed by atoms with Crippen LogP contribution in [0.5, 0.6) is 0 Å². The van der Waals surface area contributed by atoms with Gasteiger partial charge in [0.2, 0.25) is 0 Å². The van der Waals surface area contributed by atoms with E-state index in [1.807, 2.05) is 30.3 Å². The molecule has 0 saturated carbocycles. The van der Waals surface area contributed by atoms with Crippen LogP contribution in [-0.2, 0) is 11.3 Å². The zero-order valence-electron chi connectivity index (χ0n) is 13.7. The van der Waals surface area contributed by atoms with Crippen molar-refractivity contribution in [2.75, 3.05) is 7.05 Å². The summed E-state index contributed by atoms with van der Waals surface area (Å²) in [5, 5.41) is 17.9. The summed E-state index contributed by atoms with van der Waals surface area (Å²) < 4.78 is 0. The molecule has 0 aliphatic rings. The molecular formula is C19H18ClN3O2. The second-order valence-electron chi connectivity index (χ2n) is 5.79. The first-order valence-electron chi connectivity index (χ1n) is 7.82. The van der Waals surface area contributed by atoms with Gasteiger partial charge in [0.1, 0.15) is 0 Å². The van der Waals surface area contributed by atoms with Crippen LogP contribution >= 0.6 is 11.6 Å². The number of benzene rings is 2. The zero-order chi connectivity index (χ0) is 17.8. The highest BCUT2D eigenvalue weighted by molar-refractivity contribution is 6.30. The minimum Gasteiger partial charge on any atom is -0.378 e. The molecule has 3 aromatic rings. The second kappa shape index (κ2) is 7.51.